The number of carbonyl (C=O) groups is 2. The zero-order valence-electron chi connectivity index (χ0n) is 15.8. The van der Waals surface area contributed by atoms with E-state index in [1.165, 1.54) is 19.3 Å². The fourth-order valence-corrected chi connectivity index (χ4v) is 2.95. The molecule has 1 atom stereocenters. The maximum Gasteiger partial charge on any atom is 0.331 e. The predicted octanol–water partition coefficient (Wildman–Crippen LogP) is 1.83. The van der Waals surface area contributed by atoms with E-state index in [4.69, 9.17) is 18.9 Å². The lowest BCUT2D eigenvalue weighted by Crippen LogP contribution is -2.48. The Morgan fingerprint density at radius 1 is 1.36 bits per heavy atom. The van der Waals surface area contributed by atoms with E-state index in [1.807, 2.05) is 0 Å². The van der Waals surface area contributed by atoms with Gasteiger partial charge in [-0.2, -0.15) is 5.26 Å². The Labute approximate surface area is 163 Å². The number of hydrogen-bond acceptors (Lipinski definition) is 7. The first kappa shape index (κ1) is 19.5. The molecule has 0 unspecified atom stereocenters. The van der Waals surface area contributed by atoms with Gasteiger partial charge in [-0.1, -0.05) is 0 Å². The molecule has 1 N–H and O–H groups in total. The summed E-state index contributed by atoms with van der Waals surface area (Å²) < 4.78 is 21.3. The number of amides is 1. The van der Waals surface area contributed by atoms with Crippen molar-refractivity contribution in [2.24, 2.45) is 5.92 Å². The number of hydrogen-bond donors (Lipinski definition) is 1. The Kier molecular flexibility index (Phi) is 5.73. The van der Waals surface area contributed by atoms with Crippen molar-refractivity contribution in [1.82, 2.24) is 5.32 Å². The molecule has 1 heterocycles. The summed E-state index contributed by atoms with van der Waals surface area (Å²) >= 11 is 0. The van der Waals surface area contributed by atoms with Crippen molar-refractivity contribution in [2.75, 3.05) is 26.9 Å². The van der Waals surface area contributed by atoms with E-state index in [9.17, 15) is 14.9 Å². The topological polar surface area (TPSA) is 107 Å². The van der Waals surface area contributed by atoms with Gasteiger partial charge in [0.25, 0.3) is 5.91 Å². The van der Waals surface area contributed by atoms with Gasteiger partial charge in [0.1, 0.15) is 18.8 Å². The summed E-state index contributed by atoms with van der Waals surface area (Å²) in [5.41, 5.74) is -0.255. The molecule has 0 saturated heterocycles. The molecule has 148 valence electrons. The molecule has 0 aromatic heterocycles. The molecule has 8 heteroatoms. The average Bonchev–Trinajstić information content (AvgIpc) is 3.55. The number of esters is 1. The maximum absolute atomic E-state index is 12.0. The zero-order chi connectivity index (χ0) is 20.1. The van der Waals surface area contributed by atoms with E-state index in [0.717, 1.165) is 12.8 Å². The third-order valence-corrected chi connectivity index (χ3v) is 4.63. The summed E-state index contributed by atoms with van der Waals surface area (Å²) in [7, 11) is 1.52. The number of rotatable bonds is 7. The van der Waals surface area contributed by atoms with Crippen molar-refractivity contribution in [3.63, 3.8) is 0 Å². The van der Waals surface area contributed by atoms with Crippen LogP contribution in [0.3, 0.4) is 0 Å². The second kappa shape index (κ2) is 8.21. The SMILES string of the molecule is COc1cc(/C=C/C(=O)OCC(=O)N[C@@](C)(C#N)C2CC2)cc2c1OCCO2. The van der Waals surface area contributed by atoms with Gasteiger partial charge in [0.15, 0.2) is 18.1 Å². The first-order valence-electron chi connectivity index (χ1n) is 9.00. The molecule has 1 saturated carbocycles. The van der Waals surface area contributed by atoms with E-state index in [2.05, 4.69) is 11.4 Å². The molecular formula is C20H22N2O6. The van der Waals surface area contributed by atoms with Crippen LogP contribution in [0.5, 0.6) is 17.2 Å². The minimum atomic E-state index is -0.916. The van der Waals surface area contributed by atoms with Gasteiger partial charge in [-0.05, 0) is 49.5 Å². The van der Waals surface area contributed by atoms with E-state index < -0.39 is 24.0 Å². The second-order valence-electron chi connectivity index (χ2n) is 6.82. The van der Waals surface area contributed by atoms with Crippen molar-refractivity contribution in [2.45, 2.75) is 25.3 Å². The van der Waals surface area contributed by atoms with Crippen LogP contribution in [-0.2, 0) is 14.3 Å². The van der Waals surface area contributed by atoms with Gasteiger partial charge in [0.2, 0.25) is 5.75 Å². The van der Waals surface area contributed by atoms with Gasteiger partial charge in [0, 0.05) is 6.08 Å². The Hall–Kier alpha value is -3.21. The number of nitrogens with zero attached hydrogens (tertiary/aromatic N) is 1. The van der Waals surface area contributed by atoms with E-state index in [-0.39, 0.29) is 5.92 Å². The van der Waals surface area contributed by atoms with Crippen LogP contribution in [0.15, 0.2) is 18.2 Å². The molecule has 1 fully saturated rings. The van der Waals surface area contributed by atoms with Crippen LogP contribution in [0.25, 0.3) is 6.08 Å². The molecular weight excluding hydrogens is 364 g/mol. The van der Waals surface area contributed by atoms with Crippen molar-refractivity contribution in [1.29, 1.82) is 5.26 Å². The monoisotopic (exact) mass is 386 g/mol. The lowest BCUT2D eigenvalue weighted by Gasteiger charge is -2.22. The Morgan fingerprint density at radius 3 is 2.79 bits per heavy atom. The van der Waals surface area contributed by atoms with E-state index in [0.29, 0.717) is 36.0 Å². The van der Waals surface area contributed by atoms with Crippen LogP contribution < -0.4 is 19.5 Å². The summed E-state index contributed by atoms with van der Waals surface area (Å²) in [6, 6.07) is 5.55. The number of ether oxygens (including phenoxy) is 4. The fourth-order valence-electron chi connectivity index (χ4n) is 2.95. The van der Waals surface area contributed by atoms with E-state index >= 15 is 0 Å². The van der Waals surface area contributed by atoms with Crippen molar-refractivity contribution in [3.05, 3.63) is 23.8 Å². The van der Waals surface area contributed by atoms with E-state index in [1.54, 1.807) is 19.1 Å². The highest BCUT2D eigenvalue weighted by molar-refractivity contribution is 5.89. The zero-order valence-corrected chi connectivity index (χ0v) is 15.8. The third-order valence-electron chi connectivity index (χ3n) is 4.63. The smallest absolute Gasteiger partial charge is 0.331 e. The van der Waals surface area contributed by atoms with Crippen molar-refractivity contribution in [3.8, 4) is 23.3 Å². The number of carbonyl (C=O) groups excluding carboxylic acids is 2. The normalized spacial score (nSPS) is 17.3. The standard InChI is InChI=1S/C20H22N2O6/c1-20(12-21,14-4-5-14)22-17(23)11-28-18(24)6-3-13-9-15(25-2)19-16(10-13)26-7-8-27-19/h3,6,9-10,14H,4-5,7-8,11H2,1-2H3,(H,22,23)/b6-3+/t20-/m0/s1. The lowest BCUT2D eigenvalue weighted by atomic mass is 9.98. The number of nitrogens with one attached hydrogen (secondary N) is 1. The summed E-state index contributed by atoms with van der Waals surface area (Å²) in [4.78, 5) is 23.9. The van der Waals surface area contributed by atoms with Crippen LogP contribution in [0, 0.1) is 17.2 Å². The Balaban J connectivity index is 1.55. The Bertz CT molecular complexity index is 823. The molecule has 1 aromatic carbocycles. The maximum atomic E-state index is 12.0. The van der Waals surface area contributed by atoms with Crippen LogP contribution in [0.1, 0.15) is 25.3 Å². The predicted molar refractivity (Wildman–Crippen MR) is 98.9 cm³/mol. The molecule has 0 bridgehead atoms. The lowest BCUT2D eigenvalue weighted by molar-refractivity contribution is -0.144. The second-order valence-corrected chi connectivity index (χ2v) is 6.82. The first-order valence-corrected chi connectivity index (χ1v) is 9.00. The molecule has 8 nitrogen and oxygen atoms in total. The quantitative estimate of drug-likeness (QED) is 0.563. The van der Waals surface area contributed by atoms with Crippen molar-refractivity contribution >= 4 is 18.0 Å². The molecule has 0 radical (unpaired) electrons. The minimum absolute atomic E-state index is 0.155. The number of methoxy groups -OCH3 is 1. The number of fused-ring (bicyclic) bond motifs is 1. The van der Waals surface area contributed by atoms with Crippen LogP contribution in [-0.4, -0.2) is 44.3 Å². The van der Waals surface area contributed by atoms with Gasteiger partial charge in [0.05, 0.1) is 13.2 Å². The largest absolute Gasteiger partial charge is 0.493 e. The molecule has 1 aliphatic carbocycles. The van der Waals surface area contributed by atoms with Crippen LogP contribution in [0.4, 0.5) is 0 Å². The Morgan fingerprint density at radius 2 is 2.11 bits per heavy atom. The summed E-state index contributed by atoms with van der Waals surface area (Å²) in [6.07, 6.45) is 4.56. The van der Waals surface area contributed by atoms with Gasteiger partial charge in [-0.3, -0.25) is 4.79 Å². The van der Waals surface area contributed by atoms with Gasteiger partial charge >= 0.3 is 5.97 Å². The fraction of sp³-hybridized carbons (Fsp3) is 0.450. The molecule has 1 amide bonds. The summed E-state index contributed by atoms with van der Waals surface area (Å²) in [6.45, 7) is 2.11. The van der Waals surface area contributed by atoms with Crippen LogP contribution >= 0.6 is 0 Å². The third kappa shape index (κ3) is 4.55. The number of benzene rings is 1. The molecule has 1 aromatic rings. The minimum Gasteiger partial charge on any atom is -0.493 e. The first-order chi connectivity index (χ1) is 13.4. The molecule has 28 heavy (non-hydrogen) atoms. The van der Waals surface area contributed by atoms with Gasteiger partial charge in [-0.25, -0.2) is 4.79 Å². The highest BCUT2D eigenvalue weighted by atomic mass is 16.6. The molecule has 1 aliphatic heterocycles. The highest BCUT2D eigenvalue weighted by Crippen LogP contribution is 2.41. The van der Waals surface area contributed by atoms with Crippen LogP contribution in [0.2, 0.25) is 0 Å². The average molecular weight is 386 g/mol. The molecule has 2 aliphatic rings. The number of nitriles is 1. The van der Waals surface area contributed by atoms with Crippen molar-refractivity contribution < 1.29 is 28.5 Å². The molecule has 3 rings (SSSR count). The summed E-state index contributed by atoms with van der Waals surface area (Å²) in [5.74, 6) is 0.547. The summed E-state index contributed by atoms with van der Waals surface area (Å²) in [5, 5.41) is 11.9. The highest BCUT2D eigenvalue weighted by Gasteiger charge is 2.43. The van der Waals surface area contributed by atoms with Gasteiger partial charge in [-0.15, -0.1) is 0 Å². The van der Waals surface area contributed by atoms with Gasteiger partial charge < -0.3 is 24.3 Å². The molecule has 0 spiro atoms.